The maximum absolute atomic E-state index is 12.1. The summed E-state index contributed by atoms with van der Waals surface area (Å²) in [6.45, 7) is 7.58. The van der Waals surface area contributed by atoms with Gasteiger partial charge in [-0.05, 0) is 36.9 Å². The first kappa shape index (κ1) is 21.4. The van der Waals surface area contributed by atoms with Gasteiger partial charge >= 0.3 is 6.03 Å². The van der Waals surface area contributed by atoms with E-state index in [9.17, 15) is 24.3 Å². The van der Waals surface area contributed by atoms with E-state index in [1.807, 2.05) is 19.2 Å². The molecule has 26 heavy (non-hydrogen) atoms. The Labute approximate surface area is 156 Å². The molecule has 2 rings (SSSR count). The van der Waals surface area contributed by atoms with Crippen molar-refractivity contribution in [1.29, 1.82) is 0 Å². The zero-order valence-corrected chi connectivity index (χ0v) is 15.4. The van der Waals surface area contributed by atoms with Crippen LogP contribution in [-0.2, 0) is 14.4 Å². The number of nitrogens with one attached hydrogen (secondary N) is 3. The number of hydrogen-bond donors (Lipinski definition) is 3. The second kappa shape index (κ2) is 9.18. The van der Waals surface area contributed by atoms with E-state index in [0.717, 1.165) is 12.8 Å². The fourth-order valence-electron chi connectivity index (χ4n) is 2.79. The molecule has 0 spiro atoms. The predicted octanol–water partition coefficient (Wildman–Crippen LogP) is -0.0989. The summed E-state index contributed by atoms with van der Waals surface area (Å²) in [6.07, 6.45) is 3.35. The Morgan fingerprint density at radius 3 is 2.27 bits per heavy atom. The van der Waals surface area contributed by atoms with Crippen molar-refractivity contribution < 1.29 is 24.3 Å². The number of allylic oxidation sites excluding steroid dienone is 1. The van der Waals surface area contributed by atoms with Crippen LogP contribution >= 0.6 is 12.2 Å². The van der Waals surface area contributed by atoms with Gasteiger partial charge in [0.1, 0.15) is 5.41 Å². The van der Waals surface area contributed by atoms with Gasteiger partial charge in [0.25, 0.3) is 0 Å². The van der Waals surface area contributed by atoms with Crippen molar-refractivity contribution in [3.8, 4) is 0 Å². The summed E-state index contributed by atoms with van der Waals surface area (Å²) in [5.41, 5.74) is -1.07. The molecule has 1 atom stereocenters. The molecule has 0 aromatic carbocycles. The molecule has 10 heteroatoms. The molecular formula is C16H21N4O5S-. The summed E-state index contributed by atoms with van der Waals surface area (Å²) in [6, 6.07) is -0.865. The summed E-state index contributed by atoms with van der Waals surface area (Å²) >= 11 is 4.81. The van der Waals surface area contributed by atoms with Crippen LogP contribution in [0, 0.1) is 11.3 Å². The fourth-order valence-corrected chi connectivity index (χ4v) is 2.97. The number of nitrogens with zero attached hydrogens (tertiary/aromatic N) is 1. The number of thiocarbonyl (C=S) groups is 1. The lowest BCUT2D eigenvalue weighted by Crippen LogP contribution is -2.64. The second-order valence-electron chi connectivity index (χ2n) is 5.93. The molecule has 2 aliphatic rings. The second-order valence-corrected chi connectivity index (χ2v) is 6.34. The predicted molar refractivity (Wildman–Crippen MR) is 95.8 cm³/mol. The van der Waals surface area contributed by atoms with E-state index >= 15 is 0 Å². The van der Waals surface area contributed by atoms with Crippen molar-refractivity contribution in [1.82, 2.24) is 16.0 Å². The highest BCUT2D eigenvalue weighted by Crippen LogP contribution is 2.37. The van der Waals surface area contributed by atoms with Crippen molar-refractivity contribution in [3.05, 3.63) is 12.7 Å². The van der Waals surface area contributed by atoms with E-state index in [2.05, 4.69) is 22.2 Å². The van der Waals surface area contributed by atoms with E-state index in [-0.39, 0.29) is 29.3 Å². The van der Waals surface area contributed by atoms with Crippen LogP contribution in [0.1, 0.15) is 39.5 Å². The highest BCUT2D eigenvalue weighted by molar-refractivity contribution is 7.80. The molecule has 2 heterocycles. The Morgan fingerprint density at radius 1 is 1.27 bits per heavy atom. The Morgan fingerprint density at radius 2 is 1.85 bits per heavy atom. The van der Waals surface area contributed by atoms with Gasteiger partial charge in [-0.15, -0.1) is 6.58 Å². The van der Waals surface area contributed by atoms with Gasteiger partial charge < -0.3 is 15.7 Å². The summed E-state index contributed by atoms with van der Waals surface area (Å²) in [4.78, 5) is 47.6. The lowest BCUT2D eigenvalue weighted by atomic mass is 9.69. The molecule has 0 aromatic heterocycles. The zero-order valence-electron chi connectivity index (χ0n) is 14.6. The summed E-state index contributed by atoms with van der Waals surface area (Å²) in [7, 11) is 0. The number of amides is 5. The quantitative estimate of drug-likeness (QED) is 0.345. The van der Waals surface area contributed by atoms with E-state index < -0.39 is 23.3 Å². The Hall–Kier alpha value is -2.62. The molecule has 0 aromatic rings. The standard InChI is InChI=1S/C12H18N2O2S.C4H4N2O3/c1-4-6-8(3)12(7-5-2)9(15)13-11(17)14-10(12)16;7-2-1-3(8)6-4(9)5-2/h5,8H,2,4,6-7H2,1,3H3,(H2,13,14,15,16,17);1H2,(H2,5,6,7,8,9)/p-1. The number of rotatable bonds is 5. The average Bonchev–Trinajstić information content (AvgIpc) is 2.50. The molecule has 3 N–H and O–H groups in total. The maximum atomic E-state index is 12.1. The molecule has 1 saturated heterocycles. The number of hydrogen-bond acceptors (Lipinski definition) is 6. The van der Waals surface area contributed by atoms with Gasteiger partial charge in [-0.3, -0.25) is 19.7 Å². The minimum absolute atomic E-state index is 0.0476. The molecule has 0 bridgehead atoms. The monoisotopic (exact) mass is 381 g/mol. The van der Waals surface area contributed by atoms with E-state index in [0.29, 0.717) is 6.42 Å². The lowest BCUT2D eigenvalue weighted by molar-refractivity contribution is -0.218. The van der Waals surface area contributed by atoms with Crippen molar-refractivity contribution in [3.63, 3.8) is 0 Å². The highest BCUT2D eigenvalue weighted by atomic mass is 32.1. The van der Waals surface area contributed by atoms with Crippen LogP contribution in [-0.4, -0.2) is 34.8 Å². The van der Waals surface area contributed by atoms with Crippen molar-refractivity contribution >= 4 is 47.0 Å². The molecule has 142 valence electrons. The molecule has 1 unspecified atom stereocenters. The van der Waals surface area contributed by atoms with Gasteiger partial charge in [0.15, 0.2) is 5.11 Å². The molecule has 9 nitrogen and oxygen atoms in total. The summed E-state index contributed by atoms with van der Waals surface area (Å²) in [5, 5.41) is 17.2. The third kappa shape index (κ3) is 4.94. The Bertz CT molecular complexity index is 654. The lowest BCUT2D eigenvalue weighted by Gasteiger charge is -2.38. The normalized spacial score (nSPS) is 19.9. The van der Waals surface area contributed by atoms with Gasteiger partial charge in [0.2, 0.25) is 17.7 Å². The SMILES string of the molecule is C=CCC1(C(C)CCC)C(=O)NC(=S)NC1=O.O=C1CC([O-])=NC(=O)N1. The minimum Gasteiger partial charge on any atom is -0.861 e. The first-order valence-electron chi connectivity index (χ1n) is 8.03. The number of carbonyl (C=O) groups is 4. The van der Waals surface area contributed by atoms with Gasteiger partial charge in [-0.1, -0.05) is 26.3 Å². The largest absolute Gasteiger partial charge is 0.861 e. The average molecular weight is 381 g/mol. The minimum atomic E-state index is -1.07. The third-order valence-corrected chi connectivity index (χ3v) is 4.28. The van der Waals surface area contributed by atoms with Gasteiger partial charge in [0.05, 0.1) is 6.42 Å². The highest BCUT2D eigenvalue weighted by Gasteiger charge is 2.51. The number of carbonyl (C=O) groups excluding carboxylic acids is 4. The van der Waals surface area contributed by atoms with Crippen molar-refractivity contribution in [2.24, 2.45) is 16.3 Å². The van der Waals surface area contributed by atoms with Gasteiger partial charge in [0, 0.05) is 0 Å². The molecule has 0 aliphatic carbocycles. The van der Waals surface area contributed by atoms with Crippen LogP contribution in [0.15, 0.2) is 17.6 Å². The summed E-state index contributed by atoms with van der Waals surface area (Å²) < 4.78 is 0. The van der Waals surface area contributed by atoms with Crippen LogP contribution in [0.3, 0.4) is 0 Å². The molecule has 0 saturated carbocycles. The molecule has 0 radical (unpaired) electrons. The van der Waals surface area contributed by atoms with Gasteiger partial charge in [-0.2, -0.15) is 0 Å². The number of aliphatic imine (C=N–C) groups is 1. The first-order valence-corrected chi connectivity index (χ1v) is 8.44. The molecule has 2 aliphatic heterocycles. The molecule has 5 amide bonds. The smallest absolute Gasteiger partial charge is 0.346 e. The Kier molecular flexibility index (Phi) is 7.56. The van der Waals surface area contributed by atoms with E-state index in [4.69, 9.17) is 12.2 Å². The van der Waals surface area contributed by atoms with Crippen LogP contribution in [0.2, 0.25) is 0 Å². The Balaban J connectivity index is 0.000000314. The van der Waals surface area contributed by atoms with Crippen LogP contribution in [0.4, 0.5) is 4.79 Å². The van der Waals surface area contributed by atoms with Crippen molar-refractivity contribution in [2.45, 2.75) is 39.5 Å². The van der Waals surface area contributed by atoms with Crippen LogP contribution in [0.5, 0.6) is 0 Å². The number of imide groups is 1. The topological polar surface area (TPSA) is 140 Å². The third-order valence-electron chi connectivity index (χ3n) is 4.08. The van der Waals surface area contributed by atoms with Crippen molar-refractivity contribution in [2.75, 3.05) is 0 Å². The van der Waals surface area contributed by atoms with E-state index in [1.165, 1.54) is 0 Å². The molecule has 1 fully saturated rings. The first-order chi connectivity index (χ1) is 12.2. The van der Waals surface area contributed by atoms with Crippen LogP contribution < -0.4 is 21.1 Å². The number of urea groups is 1. The zero-order chi connectivity index (χ0) is 19.9. The molecular weight excluding hydrogens is 360 g/mol. The van der Waals surface area contributed by atoms with Gasteiger partial charge in [-0.25, -0.2) is 9.79 Å². The fraction of sp³-hybridized carbons (Fsp3) is 0.500. The van der Waals surface area contributed by atoms with E-state index in [1.54, 1.807) is 6.08 Å². The maximum Gasteiger partial charge on any atom is 0.346 e. The summed E-state index contributed by atoms with van der Waals surface area (Å²) in [5.74, 6) is -1.93. The van der Waals surface area contributed by atoms with Crippen LogP contribution in [0.25, 0.3) is 0 Å².